The SMILES string of the molecule is Cc1cc(C)cc(-c2ccnc(N3CCCC3CN)n2)c1. The second-order valence-corrected chi connectivity index (χ2v) is 5.84. The lowest BCUT2D eigenvalue weighted by molar-refractivity contribution is 0.664. The first kappa shape index (κ1) is 14.0. The minimum atomic E-state index is 0.375. The topological polar surface area (TPSA) is 55.0 Å². The second-order valence-electron chi connectivity index (χ2n) is 5.84. The van der Waals surface area contributed by atoms with Gasteiger partial charge in [-0.3, -0.25) is 0 Å². The van der Waals surface area contributed by atoms with E-state index in [1.807, 2.05) is 12.3 Å². The summed E-state index contributed by atoms with van der Waals surface area (Å²) in [7, 11) is 0. The van der Waals surface area contributed by atoms with Crippen LogP contribution in [0.1, 0.15) is 24.0 Å². The van der Waals surface area contributed by atoms with Gasteiger partial charge in [0.2, 0.25) is 5.95 Å². The largest absolute Gasteiger partial charge is 0.337 e. The van der Waals surface area contributed by atoms with Crippen molar-refractivity contribution in [2.24, 2.45) is 5.73 Å². The highest BCUT2D eigenvalue weighted by molar-refractivity contribution is 5.62. The summed E-state index contributed by atoms with van der Waals surface area (Å²) in [6.45, 7) is 5.89. The fourth-order valence-electron chi connectivity index (χ4n) is 3.11. The quantitative estimate of drug-likeness (QED) is 0.940. The Hall–Kier alpha value is -1.94. The summed E-state index contributed by atoms with van der Waals surface area (Å²) in [6.07, 6.45) is 4.15. The van der Waals surface area contributed by atoms with Crippen LogP contribution in [-0.2, 0) is 0 Å². The van der Waals surface area contributed by atoms with Crippen molar-refractivity contribution in [3.8, 4) is 11.3 Å². The third-order valence-electron chi connectivity index (χ3n) is 4.07. The van der Waals surface area contributed by atoms with Gasteiger partial charge < -0.3 is 10.6 Å². The van der Waals surface area contributed by atoms with Gasteiger partial charge in [-0.1, -0.05) is 17.2 Å². The van der Waals surface area contributed by atoms with Crippen LogP contribution in [0.5, 0.6) is 0 Å². The summed E-state index contributed by atoms with van der Waals surface area (Å²) in [5.41, 5.74) is 10.5. The van der Waals surface area contributed by atoms with E-state index < -0.39 is 0 Å². The molecule has 1 aliphatic heterocycles. The van der Waals surface area contributed by atoms with E-state index in [-0.39, 0.29) is 0 Å². The number of hydrogen-bond acceptors (Lipinski definition) is 4. The van der Waals surface area contributed by atoms with Crippen LogP contribution in [0.25, 0.3) is 11.3 Å². The monoisotopic (exact) mass is 282 g/mol. The second kappa shape index (κ2) is 5.82. The van der Waals surface area contributed by atoms with Crippen molar-refractivity contribution in [2.45, 2.75) is 32.7 Å². The molecule has 0 spiro atoms. The van der Waals surface area contributed by atoms with Crippen molar-refractivity contribution < 1.29 is 0 Å². The number of nitrogens with zero attached hydrogens (tertiary/aromatic N) is 3. The maximum absolute atomic E-state index is 5.85. The molecule has 1 saturated heterocycles. The van der Waals surface area contributed by atoms with E-state index >= 15 is 0 Å². The third kappa shape index (κ3) is 2.90. The van der Waals surface area contributed by atoms with Gasteiger partial charge in [-0.25, -0.2) is 9.97 Å². The van der Waals surface area contributed by atoms with Crippen molar-refractivity contribution in [3.63, 3.8) is 0 Å². The predicted octanol–water partition coefficient (Wildman–Crippen LogP) is 2.69. The van der Waals surface area contributed by atoms with E-state index in [4.69, 9.17) is 10.7 Å². The number of rotatable bonds is 3. The van der Waals surface area contributed by atoms with Crippen LogP contribution >= 0.6 is 0 Å². The van der Waals surface area contributed by atoms with E-state index in [2.05, 4.69) is 41.9 Å². The van der Waals surface area contributed by atoms with Crippen LogP contribution in [0.2, 0.25) is 0 Å². The summed E-state index contributed by atoms with van der Waals surface area (Å²) in [6, 6.07) is 8.87. The highest BCUT2D eigenvalue weighted by atomic mass is 15.3. The van der Waals surface area contributed by atoms with Crippen molar-refractivity contribution in [3.05, 3.63) is 41.6 Å². The number of aromatic nitrogens is 2. The fraction of sp³-hybridized carbons (Fsp3) is 0.412. The molecular weight excluding hydrogens is 260 g/mol. The Morgan fingerprint density at radius 1 is 1.24 bits per heavy atom. The lowest BCUT2D eigenvalue weighted by atomic mass is 10.1. The number of benzene rings is 1. The lowest BCUT2D eigenvalue weighted by Crippen LogP contribution is -2.36. The molecule has 1 atom stereocenters. The van der Waals surface area contributed by atoms with Gasteiger partial charge in [0, 0.05) is 30.9 Å². The van der Waals surface area contributed by atoms with Gasteiger partial charge in [-0.2, -0.15) is 0 Å². The maximum atomic E-state index is 5.85. The molecule has 2 aromatic rings. The first-order chi connectivity index (χ1) is 10.2. The zero-order valence-electron chi connectivity index (χ0n) is 12.7. The molecule has 4 nitrogen and oxygen atoms in total. The van der Waals surface area contributed by atoms with Crippen molar-refractivity contribution in [2.75, 3.05) is 18.0 Å². The Bertz CT molecular complexity index is 618. The van der Waals surface area contributed by atoms with Crippen LogP contribution in [0.3, 0.4) is 0 Å². The normalized spacial score (nSPS) is 18.2. The van der Waals surface area contributed by atoms with Crippen molar-refractivity contribution in [1.82, 2.24) is 9.97 Å². The summed E-state index contributed by atoms with van der Waals surface area (Å²) < 4.78 is 0. The highest BCUT2D eigenvalue weighted by Crippen LogP contribution is 2.25. The van der Waals surface area contributed by atoms with Gasteiger partial charge in [0.05, 0.1) is 5.69 Å². The zero-order valence-corrected chi connectivity index (χ0v) is 12.7. The van der Waals surface area contributed by atoms with Crippen LogP contribution in [0.15, 0.2) is 30.5 Å². The molecule has 4 heteroatoms. The molecule has 0 bridgehead atoms. The van der Waals surface area contributed by atoms with Crippen molar-refractivity contribution in [1.29, 1.82) is 0 Å². The fourth-order valence-corrected chi connectivity index (χ4v) is 3.11. The first-order valence-corrected chi connectivity index (χ1v) is 7.56. The van der Waals surface area contributed by atoms with E-state index in [1.54, 1.807) is 0 Å². The average Bonchev–Trinajstić information content (AvgIpc) is 2.95. The summed E-state index contributed by atoms with van der Waals surface area (Å²) >= 11 is 0. The Morgan fingerprint density at radius 3 is 2.71 bits per heavy atom. The molecule has 110 valence electrons. The van der Waals surface area contributed by atoms with E-state index in [0.29, 0.717) is 12.6 Å². The van der Waals surface area contributed by atoms with Gasteiger partial charge in [0.15, 0.2) is 0 Å². The Kier molecular flexibility index (Phi) is 3.88. The molecule has 0 aliphatic carbocycles. The van der Waals surface area contributed by atoms with Crippen LogP contribution in [-0.4, -0.2) is 29.1 Å². The number of hydrogen-bond donors (Lipinski definition) is 1. The first-order valence-electron chi connectivity index (χ1n) is 7.56. The highest BCUT2D eigenvalue weighted by Gasteiger charge is 2.25. The standard InChI is InChI=1S/C17H22N4/c1-12-8-13(2)10-14(9-12)16-5-6-19-17(20-16)21-7-3-4-15(21)11-18/h5-6,8-10,15H,3-4,7,11,18H2,1-2H3. The molecular formula is C17H22N4. The molecule has 1 unspecified atom stereocenters. The molecule has 1 aromatic carbocycles. The number of aryl methyl sites for hydroxylation is 2. The lowest BCUT2D eigenvalue weighted by Gasteiger charge is -2.23. The third-order valence-corrected chi connectivity index (χ3v) is 4.07. The molecule has 3 rings (SSSR count). The molecule has 1 aromatic heterocycles. The smallest absolute Gasteiger partial charge is 0.226 e. The minimum absolute atomic E-state index is 0.375. The van der Waals surface area contributed by atoms with Crippen LogP contribution in [0.4, 0.5) is 5.95 Å². The summed E-state index contributed by atoms with van der Waals surface area (Å²) in [5.74, 6) is 0.805. The molecule has 21 heavy (non-hydrogen) atoms. The van der Waals surface area contributed by atoms with Crippen LogP contribution in [0, 0.1) is 13.8 Å². The summed E-state index contributed by atoms with van der Waals surface area (Å²) in [4.78, 5) is 11.5. The molecule has 1 fully saturated rings. The van der Waals surface area contributed by atoms with E-state index in [9.17, 15) is 0 Å². The molecule has 0 radical (unpaired) electrons. The molecule has 2 N–H and O–H groups in total. The zero-order chi connectivity index (χ0) is 14.8. The molecule has 0 amide bonds. The van der Waals surface area contributed by atoms with Gasteiger partial charge in [0.1, 0.15) is 0 Å². The van der Waals surface area contributed by atoms with Crippen molar-refractivity contribution >= 4 is 5.95 Å². The van der Waals surface area contributed by atoms with Gasteiger partial charge in [-0.05, 0) is 44.9 Å². The Morgan fingerprint density at radius 2 is 2.00 bits per heavy atom. The summed E-state index contributed by atoms with van der Waals surface area (Å²) in [5, 5.41) is 0. The van der Waals surface area contributed by atoms with Crippen LogP contribution < -0.4 is 10.6 Å². The number of anilines is 1. The average molecular weight is 282 g/mol. The Labute approximate surface area is 126 Å². The van der Waals surface area contributed by atoms with Gasteiger partial charge in [-0.15, -0.1) is 0 Å². The van der Waals surface area contributed by atoms with Gasteiger partial charge >= 0.3 is 0 Å². The maximum Gasteiger partial charge on any atom is 0.226 e. The van der Waals surface area contributed by atoms with E-state index in [0.717, 1.165) is 30.2 Å². The molecule has 2 heterocycles. The molecule has 0 saturated carbocycles. The minimum Gasteiger partial charge on any atom is -0.337 e. The predicted molar refractivity (Wildman–Crippen MR) is 86.4 cm³/mol. The van der Waals surface area contributed by atoms with E-state index in [1.165, 1.54) is 17.5 Å². The molecule has 1 aliphatic rings. The number of nitrogens with two attached hydrogens (primary N) is 1. The van der Waals surface area contributed by atoms with Gasteiger partial charge in [0.25, 0.3) is 0 Å². The Balaban J connectivity index is 1.96.